The van der Waals surface area contributed by atoms with Crippen molar-refractivity contribution in [2.75, 3.05) is 0 Å². The van der Waals surface area contributed by atoms with Crippen LogP contribution in [0.4, 0.5) is 4.79 Å². The second-order valence-electron chi connectivity index (χ2n) is 4.81. The predicted molar refractivity (Wildman–Crippen MR) is 77.2 cm³/mol. The SMILES string of the molecule is O=C(NC1CC1c1cnc[nH]1)OCc1cccc(Br)c1. The summed E-state index contributed by atoms with van der Waals surface area (Å²) in [5.74, 6) is 0.330. The molecule has 2 N–H and O–H groups in total. The lowest BCUT2D eigenvalue weighted by molar-refractivity contribution is 0.139. The number of carbonyl (C=O) groups is 1. The summed E-state index contributed by atoms with van der Waals surface area (Å²) >= 11 is 3.38. The Kier molecular flexibility index (Phi) is 3.73. The minimum atomic E-state index is -0.378. The summed E-state index contributed by atoms with van der Waals surface area (Å²) in [6.45, 7) is 0.271. The number of aromatic amines is 1. The summed E-state index contributed by atoms with van der Waals surface area (Å²) < 4.78 is 6.18. The average Bonchev–Trinajstić information content (AvgIpc) is 2.98. The Labute approximate surface area is 124 Å². The van der Waals surface area contributed by atoms with Crippen LogP contribution in [0.5, 0.6) is 0 Å². The number of hydrogen-bond acceptors (Lipinski definition) is 3. The van der Waals surface area contributed by atoms with E-state index in [9.17, 15) is 4.79 Å². The fourth-order valence-electron chi connectivity index (χ4n) is 2.14. The Bertz CT molecular complexity index is 600. The third-order valence-electron chi connectivity index (χ3n) is 3.27. The molecule has 0 aliphatic heterocycles. The smallest absolute Gasteiger partial charge is 0.407 e. The number of aromatic nitrogens is 2. The van der Waals surface area contributed by atoms with E-state index in [1.54, 1.807) is 12.5 Å². The molecule has 1 aromatic heterocycles. The summed E-state index contributed by atoms with van der Waals surface area (Å²) in [5, 5.41) is 2.86. The van der Waals surface area contributed by atoms with Crippen molar-refractivity contribution in [1.29, 1.82) is 0 Å². The minimum Gasteiger partial charge on any atom is -0.445 e. The maximum Gasteiger partial charge on any atom is 0.407 e. The molecular weight excluding hydrogens is 322 g/mol. The number of hydrogen-bond donors (Lipinski definition) is 2. The van der Waals surface area contributed by atoms with Gasteiger partial charge >= 0.3 is 6.09 Å². The van der Waals surface area contributed by atoms with Crippen molar-refractivity contribution in [3.8, 4) is 0 Å². The number of benzene rings is 1. The largest absolute Gasteiger partial charge is 0.445 e. The number of H-pyrrole nitrogens is 1. The van der Waals surface area contributed by atoms with Crippen molar-refractivity contribution >= 4 is 22.0 Å². The third-order valence-corrected chi connectivity index (χ3v) is 3.76. The quantitative estimate of drug-likeness (QED) is 0.902. The van der Waals surface area contributed by atoms with Crippen molar-refractivity contribution in [2.45, 2.75) is 25.0 Å². The van der Waals surface area contributed by atoms with Gasteiger partial charge in [0.2, 0.25) is 0 Å². The van der Waals surface area contributed by atoms with E-state index < -0.39 is 0 Å². The van der Waals surface area contributed by atoms with E-state index in [-0.39, 0.29) is 18.7 Å². The summed E-state index contributed by atoms with van der Waals surface area (Å²) in [6.07, 6.45) is 3.99. The van der Waals surface area contributed by atoms with Gasteiger partial charge in [-0.15, -0.1) is 0 Å². The van der Waals surface area contributed by atoms with Crippen LogP contribution in [0.2, 0.25) is 0 Å². The van der Waals surface area contributed by atoms with E-state index in [0.717, 1.165) is 22.2 Å². The van der Waals surface area contributed by atoms with Gasteiger partial charge in [-0.2, -0.15) is 0 Å². The predicted octanol–water partition coefficient (Wildman–Crippen LogP) is 2.95. The van der Waals surface area contributed by atoms with Crippen LogP contribution in [0, 0.1) is 0 Å². The highest BCUT2D eigenvalue weighted by molar-refractivity contribution is 9.10. The van der Waals surface area contributed by atoms with E-state index in [2.05, 4.69) is 31.2 Å². The molecule has 1 saturated carbocycles. The molecule has 1 fully saturated rings. The second kappa shape index (κ2) is 5.66. The van der Waals surface area contributed by atoms with Gasteiger partial charge in [-0.25, -0.2) is 9.78 Å². The molecule has 1 aliphatic rings. The molecule has 0 spiro atoms. The first-order valence-corrected chi connectivity index (χ1v) is 7.17. The first-order chi connectivity index (χ1) is 9.72. The van der Waals surface area contributed by atoms with E-state index in [1.807, 2.05) is 24.3 Å². The van der Waals surface area contributed by atoms with E-state index in [0.29, 0.717) is 5.92 Å². The molecule has 3 rings (SSSR count). The molecule has 1 aromatic carbocycles. The van der Waals surface area contributed by atoms with Crippen LogP contribution in [-0.2, 0) is 11.3 Å². The van der Waals surface area contributed by atoms with Crippen molar-refractivity contribution in [2.24, 2.45) is 0 Å². The van der Waals surface area contributed by atoms with Crippen LogP contribution in [0.25, 0.3) is 0 Å². The molecule has 104 valence electrons. The molecule has 6 heteroatoms. The van der Waals surface area contributed by atoms with Gasteiger partial charge in [-0.05, 0) is 24.1 Å². The Morgan fingerprint density at radius 1 is 1.55 bits per heavy atom. The Hall–Kier alpha value is -1.82. The van der Waals surface area contributed by atoms with Crippen molar-refractivity contribution in [3.63, 3.8) is 0 Å². The van der Waals surface area contributed by atoms with E-state index in [4.69, 9.17) is 4.74 Å². The lowest BCUT2D eigenvalue weighted by atomic mass is 10.2. The zero-order chi connectivity index (χ0) is 13.9. The molecule has 0 saturated heterocycles. The number of nitrogens with zero attached hydrogens (tertiary/aromatic N) is 1. The maximum atomic E-state index is 11.7. The van der Waals surface area contributed by atoms with E-state index in [1.165, 1.54) is 0 Å². The first-order valence-electron chi connectivity index (χ1n) is 6.38. The number of imidazole rings is 1. The Balaban J connectivity index is 1.45. The molecule has 1 amide bonds. The van der Waals surface area contributed by atoms with Crippen LogP contribution in [0.3, 0.4) is 0 Å². The summed E-state index contributed by atoms with van der Waals surface area (Å²) in [5.41, 5.74) is 2.01. The number of rotatable bonds is 4. The minimum absolute atomic E-state index is 0.144. The lowest BCUT2D eigenvalue weighted by Gasteiger charge is -2.07. The van der Waals surface area contributed by atoms with Gasteiger partial charge in [0.15, 0.2) is 0 Å². The number of halogens is 1. The molecular formula is C14H14BrN3O2. The van der Waals surface area contributed by atoms with Gasteiger partial charge in [0.1, 0.15) is 6.61 Å². The first kappa shape index (κ1) is 13.2. The Morgan fingerprint density at radius 2 is 2.45 bits per heavy atom. The molecule has 0 bridgehead atoms. The fraction of sp³-hybridized carbons (Fsp3) is 0.286. The molecule has 0 radical (unpaired) electrons. The van der Waals surface area contributed by atoms with Gasteiger partial charge in [0.25, 0.3) is 0 Å². The molecule has 5 nitrogen and oxygen atoms in total. The van der Waals surface area contributed by atoms with Crippen LogP contribution < -0.4 is 5.32 Å². The zero-order valence-corrected chi connectivity index (χ0v) is 12.3. The molecule has 2 atom stereocenters. The highest BCUT2D eigenvalue weighted by Crippen LogP contribution is 2.39. The van der Waals surface area contributed by atoms with Crippen molar-refractivity contribution in [3.05, 3.63) is 52.5 Å². The topological polar surface area (TPSA) is 67.0 Å². The number of nitrogens with one attached hydrogen (secondary N) is 2. The molecule has 2 unspecified atom stereocenters. The van der Waals surface area contributed by atoms with Gasteiger partial charge in [0, 0.05) is 28.3 Å². The highest BCUT2D eigenvalue weighted by atomic mass is 79.9. The number of ether oxygens (including phenoxy) is 1. The Morgan fingerprint density at radius 3 is 3.20 bits per heavy atom. The lowest BCUT2D eigenvalue weighted by Crippen LogP contribution is -2.27. The number of carbonyl (C=O) groups excluding carboxylic acids is 1. The maximum absolute atomic E-state index is 11.7. The van der Waals surface area contributed by atoms with Gasteiger partial charge in [-0.3, -0.25) is 0 Å². The van der Waals surface area contributed by atoms with Crippen LogP contribution >= 0.6 is 15.9 Å². The summed E-state index contributed by atoms with van der Waals surface area (Å²) in [6, 6.07) is 7.84. The summed E-state index contributed by atoms with van der Waals surface area (Å²) in [4.78, 5) is 18.7. The molecule has 20 heavy (non-hydrogen) atoms. The highest BCUT2D eigenvalue weighted by Gasteiger charge is 2.40. The van der Waals surface area contributed by atoms with Crippen molar-refractivity contribution < 1.29 is 9.53 Å². The average molecular weight is 336 g/mol. The monoisotopic (exact) mass is 335 g/mol. The third kappa shape index (κ3) is 3.19. The standard InChI is InChI=1S/C14H14BrN3O2/c15-10-3-1-2-9(4-10)7-20-14(19)18-12-5-11(12)13-6-16-8-17-13/h1-4,6,8,11-12H,5,7H2,(H,16,17)(H,18,19). The second-order valence-corrected chi connectivity index (χ2v) is 5.72. The van der Waals surface area contributed by atoms with Gasteiger partial charge < -0.3 is 15.0 Å². The zero-order valence-electron chi connectivity index (χ0n) is 10.7. The van der Waals surface area contributed by atoms with Crippen LogP contribution in [0.15, 0.2) is 41.3 Å². The van der Waals surface area contributed by atoms with Crippen LogP contribution in [-0.4, -0.2) is 22.1 Å². The van der Waals surface area contributed by atoms with E-state index >= 15 is 0 Å². The summed E-state index contributed by atoms with van der Waals surface area (Å²) in [7, 11) is 0. The number of amides is 1. The van der Waals surface area contributed by atoms with Gasteiger partial charge in [0.05, 0.1) is 6.33 Å². The molecule has 1 heterocycles. The number of alkyl carbamates (subject to hydrolysis) is 1. The van der Waals surface area contributed by atoms with Crippen LogP contribution in [0.1, 0.15) is 23.6 Å². The fourth-order valence-corrected chi connectivity index (χ4v) is 2.58. The normalized spacial score (nSPS) is 20.4. The van der Waals surface area contributed by atoms with Crippen molar-refractivity contribution in [1.82, 2.24) is 15.3 Å². The molecule has 2 aromatic rings. The van der Waals surface area contributed by atoms with Gasteiger partial charge in [-0.1, -0.05) is 28.1 Å². The molecule has 1 aliphatic carbocycles.